The van der Waals surface area contributed by atoms with E-state index >= 15 is 0 Å². The Morgan fingerprint density at radius 2 is 2.04 bits per heavy atom. The van der Waals surface area contributed by atoms with Crippen molar-refractivity contribution in [3.63, 3.8) is 0 Å². The van der Waals surface area contributed by atoms with Gasteiger partial charge in [-0.25, -0.2) is 14.6 Å². The van der Waals surface area contributed by atoms with Crippen LogP contribution in [0.5, 0.6) is 0 Å². The van der Waals surface area contributed by atoms with Crippen molar-refractivity contribution >= 4 is 23.3 Å². The summed E-state index contributed by atoms with van der Waals surface area (Å²) in [4.78, 5) is 34.6. The number of carboxylic acid groups (broad SMARTS) is 1. The molecule has 1 aromatic rings. The topological polar surface area (TPSA) is 77.0 Å². The summed E-state index contributed by atoms with van der Waals surface area (Å²) in [7, 11) is 3.99. The average molecular weight is 397 g/mol. The zero-order chi connectivity index (χ0) is 20.4. The SMILES string of the molecule is CC(CC(C)(C)C)[C@@H](C(=O)O)N1CCN(Cc2csc(CN(C)C)n2)C1=O. The van der Waals surface area contributed by atoms with Crippen molar-refractivity contribution in [2.24, 2.45) is 11.3 Å². The van der Waals surface area contributed by atoms with Gasteiger partial charge in [0.25, 0.3) is 0 Å². The molecule has 2 rings (SSSR count). The van der Waals surface area contributed by atoms with Crippen molar-refractivity contribution in [1.82, 2.24) is 19.7 Å². The van der Waals surface area contributed by atoms with Gasteiger partial charge in [0.2, 0.25) is 0 Å². The second kappa shape index (κ2) is 8.56. The molecular formula is C19H32N4O3S. The summed E-state index contributed by atoms with van der Waals surface area (Å²) >= 11 is 1.59. The highest BCUT2D eigenvalue weighted by Crippen LogP contribution is 2.30. The van der Waals surface area contributed by atoms with E-state index in [0.29, 0.717) is 19.6 Å². The molecule has 1 aliphatic heterocycles. The molecule has 2 amide bonds. The summed E-state index contributed by atoms with van der Waals surface area (Å²) in [5, 5.41) is 12.7. The van der Waals surface area contributed by atoms with Gasteiger partial charge < -0.3 is 19.8 Å². The molecule has 8 heteroatoms. The molecule has 27 heavy (non-hydrogen) atoms. The molecule has 1 aromatic heterocycles. The molecular weight excluding hydrogens is 364 g/mol. The van der Waals surface area contributed by atoms with Crippen LogP contribution in [0, 0.1) is 11.3 Å². The first-order chi connectivity index (χ1) is 12.5. The van der Waals surface area contributed by atoms with Gasteiger partial charge in [-0.2, -0.15) is 0 Å². The van der Waals surface area contributed by atoms with Crippen LogP contribution in [0.2, 0.25) is 0 Å². The minimum atomic E-state index is -0.927. The monoisotopic (exact) mass is 396 g/mol. The number of hydrogen-bond donors (Lipinski definition) is 1. The van der Waals surface area contributed by atoms with Crippen LogP contribution < -0.4 is 0 Å². The average Bonchev–Trinajstić information content (AvgIpc) is 3.06. The predicted molar refractivity (Wildman–Crippen MR) is 107 cm³/mol. The summed E-state index contributed by atoms with van der Waals surface area (Å²) in [5.74, 6) is -1.04. The molecule has 0 saturated carbocycles. The molecule has 0 spiro atoms. The van der Waals surface area contributed by atoms with Gasteiger partial charge in [0, 0.05) is 25.0 Å². The van der Waals surface area contributed by atoms with E-state index in [0.717, 1.165) is 23.7 Å². The number of carboxylic acids is 1. The third-order valence-electron chi connectivity index (χ3n) is 4.59. The van der Waals surface area contributed by atoms with E-state index in [2.05, 4.69) is 30.7 Å². The van der Waals surface area contributed by atoms with Gasteiger partial charge in [0.05, 0.1) is 12.2 Å². The van der Waals surface area contributed by atoms with Gasteiger partial charge in [-0.1, -0.05) is 27.7 Å². The Balaban J connectivity index is 2.05. The number of thiazole rings is 1. The smallest absolute Gasteiger partial charge is 0.326 e. The standard InChI is InChI=1S/C19H32N4O3S/c1-13(9-19(2,3)4)16(17(24)25)23-8-7-22(18(23)26)10-14-12-27-15(20-14)11-21(5)6/h12-13,16H,7-11H2,1-6H3,(H,24,25)/t13?,16-/m0/s1. The highest BCUT2D eigenvalue weighted by Gasteiger charge is 2.41. The van der Waals surface area contributed by atoms with Gasteiger partial charge in [-0.3, -0.25) is 0 Å². The molecule has 152 valence electrons. The van der Waals surface area contributed by atoms with E-state index in [1.807, 2.05) is 26.4 Å². The fourth-order valence-corrected chi connectivity index (χ4v) is 4.63. The minimum absolute atomic E-state index is 0.0129. The highest BCUT2D eigenvalue weighted by molar-refractivity contribution is 7.09. The van der Waals surface area contributed by atoms with E-state index in [1.165, 1.54) is 4.90 Å². The molecule has 1 N–H and O–H groups in total. The number of carbonyl (C=O) groups excluding carboxylic acids is 1. The second-order valence-corrected chi connectivity index (χ2v) is 9.84. The Hall–Kier alpha value is -1.67. The zero-order valence-corrected chi connectivity index (χ0v) is 18.0. The lowest BCUT2D eigenvalue weighted by molar-refractivity contribution is -0.144. The Kier molecular flexibility index (Phi) is 6.86. The largest absolute Gasteiger partial charge is 0.480 e. The molecule has 0 aliphatic carbocycles. The van der Waals surface area contributed by atoms with E-state index < -0.39 is 12.0 Å². The van der Waals surface area contributed by atoms with E-state index in [-0.39, 0.29) is 17.4 Å². The van der Waals surface area contributed by atoms with Crippen LogP contribution in [-0.4, -0.2) is 70.0 Å². The van der Waals surface area contributed by atoms with Crippen LogP contribution in [0.1, 0.15) is 44.8 Å². The molecule has 1 saturated heterocycles. The van der Waals surface area contributed by atoms with E-state index in [9.17, 15) is 14.7 Å². The molecule has 0 bridgehead atoms. The first-order valence-electron chi connectivity index (χ1n) is 9.34. The van der Waals surface area contributed by atoms with Gasteiger partial charge in [0.1, 0.15) is 11.0 Å². The quantitative estimate of drug-likeness (QED) is 0.731. The number of aromatic nitrogens is 1. The minimum Gasteiger partial charge on any atom is -0.480 e. The maximum absolute atomic E-state index is 12.9. The summed E-state index contributed by atoms with van der Waals surface area (Å²) in [5.41, 5.74) is 0.876. The van der Waals surface area contributed by atoms with E-state index in [4.69, 9.17) is 0 Å². The van der Waals surface area contributed by atoms with Crippen molar-refractivity contribution < 1.29 is 14.7 Å². The Morgan fingerprint density at radius 1 is 1.37 bits per heavy atom. The fraction of sp³-hybridized carbons (Fsp3) is 0.737. The number of carbonyl (C=O) groups is 2. The Morgan fingerprint density at radius 3 is 2.59 bits per heavy atom. The lowest BCUT2D eigenvalue weighted by atomic mass is 9.82. The molecule has 1 fully saturated rings. The first-order valence-corrected chi connectivity index (χ1v) is 10.2. The third kappa shape index (κ3) is 5.90. The molecule has 0 radical (unpaired) electrons. The number of rotatable bonds is 8. The lowest BCUT2D eigenvalue weighted by Crippen LogP contribution is -2.48. The normalized spacial score (nSPS) is 17.7. The second-order valence-electron chi connectivity index (χ2n) is 8.89. The van der Waals surface area contributed by atoms with Crippen molar-refractivity contribution in [3.05, 3.63) is 16.1 Å². The van der Waals surface area contributed by atoms with Crippen LogP contribution in [0.4, 0.5) is 4.79 Å². The van der Waals surface area contributed by atoms with Crippen LogP contribution >= 0.6 is 11.3 Å². The molecule has 2 atom stereocenters. The van der Waals surface area contributed by atoms with Crippen LogP contribution in [0.15, 0.2) is 5.38 Å². The van der Waals surface area contributed by atoms with Crippen molar-refractivity contribution in [2.45, 2.75) is 53.2 Å². The number of amides is 2. The van der Waals surface area contributed by atoms with Crippen molar-refractivity contribution in [1.29, 1.82) is 0 Å². The first kappa shape index (κ1) is 21.6. The molecule has 1 unspecified atom stereocenters. The Labute approximate surface area is 166 Å². The zero-order valence-electron chi connectivity index (χ0n) is 17.2. The van der Waals surface area contributed by atoms with Gasteiger partial charge in [0.15, 0.2) is 0 Å². The molecule has 7 nitrogen and oxygen atoms in total. The number of aliphatic carboxylic acids is 1. The third-order valence-corrected chi connectivity index (χ3v) is 5.48. The Bertz CT molecular complexity index is 668. The molecule has 1 aliphatic rings. The van der Waals surface area contributed by atoms with E-state index in [1.54, 1.807) is 16.2 Å². The van der Waals surface area contributed by atoms with Crippen LogP contribution in [0.3, 0.4) is 0 Å². The molecule has 0 aromatic carbocycles. The van der Waals surface area contributed by atoms with Crippen LogP contribution in [0.25, 0.3) is 0 Å². The van der Waals surface area contributed by atoms with Gasteiger partial charge in [-0.05, 0) is 31.8 Å². The number of nitrogens with zero attached hydrogens (tertiary/aromatic N) is 4. The summed E-state index contributed by atoms with van der Waals surface area (Å²) in [6.07, 6.45) is 0.744. The van der Waals surface area contributed by atoms with Crippen LogP contribution in [-0.2, 0) is 17.9 Å². The maximum Gasteiger partial charge on any atom is 0.326 e. The maximum atomic E-state index is 12.9. The summed E-state index contributed by atoms with van der Waals surface area (Å²) in [6.45, 7) is 10.4. The van der Waals surface area contributed by atoms with Gasteiger partial charge in [-0.15, -0.1) is 11.3 Å². The van der Waals surface area contributed by atoms with Crippen molar-refractivity contribution in [2.75, 3.05) is 27.2 Å². The summed E-state index contributed by atoms with van der Waals surface area (Å²) in [6, 6.07) is -0.994. The highest BCUT2D eigenvalue weighted by atomic mass is 32.1. The predicted octanol–water partition coefficient (Wildman–Crippen LogP) is 2.97. The van der Waals surface area contributed by atoms with Gasteiger partial charge >= 0.3 is 12.0 Å². The number of hydrogen-bond acceptors (Lipinski definition) is 5. The fourth-order valence-electron chi connectivity index (χ4n) is 3.73. The lowest BCUT2D eigenvalue weighted by Gasteiger charge is -2.32. The summed E-state index contributed by atoms with van der Waals surface area (Å²) < 4.78 is 0. The molecule has 2 heterocycles. The van der Waals surface area contributed by atoms with Crippen molar-refractivity contribution in [3.8, 4) is 0 Å². The number of urea groups is 1.